The third-order valence-corrected chi connectivity index (χ3v) is 3.46. The molecule has 0 aromatic heterocycles. The average molecular weight is 276 g/mol. The van der Waals surface area contributed by atoms with Crippen molar-refractivity contribution in [3.05, 3.63) is 21.6 Å². The van der Waals surface area contributed by atoms with Crippen LogP contribution in [0.3, 0.4) is 0 Å². The van der Waals surface area contributed by atoms with E-state index in [9.17, 15) is 0 Å². The molecule has 7 nitrogen and oxygen atoms in total. The van der Waals surface area contributed by atoms with Crippen molar-refractivity contribution < 1.29 is 14.2 Å². The largest absolute Gasteiger partial charge is 0.493 e. The van der Waals surface area contributed by atoms with Crippen LogP contribution in [0.25, 0.3) is 10.4 Å². The van der Waals surface area contributed by atoms with Crippen LogP contribution >= 0.6 is 0 Å². The van der Waals surface area contributed by atoms with Crippen molar-refractivity contribution in [2.24, 2.45) is 10.8 Å². The molecule has 0 amide bonds. The zero-order chi connectivity index (χ0) is 13.9. The number of nitrogens with two attached hydrogens (primary N) is 1. The highest BCUT2D eigenvalue weighted by Crippen LogP contribution is 2.53. The third-order valence-electron chi connectivity index (χ3n) is 3.46. The molecule has 0 fully saturated rings. The second-order valence-electron chi connectivity index (χ2n) is 4.67. The van der Waals surface area contributed by atoms with E-state index in [-0.39, 0.29) is 0 Å². The Labute approximate surface area is 116 Å². The van der Waals surface area contributed by atoms with Crippen molar-refractivity contribution >= 4 is 5.69 Å². The van der Waals surface area contributed by atoms with Gasteiger partial charge in [-0.25, -0.2) is 0 Å². The van der Waals surface area contributed by atoms with Crippen LogP contribution in [0, 0.1) is 0 Å². The molecule has 0 aliphatic carbocycles. The van der Waals surface area contributed by atoms with Crippen molar-refractivity contribution in [2.45, 2.75) is 19.3 Å². The molecule has 0 bridgehead atoms. The van der Waals surface area contributed by atoms with Gasteiger partial charge in [-0.05, 0) is 18.5 Å². The van der Waals surface area contributed by atoms with Gasteiger partial charge in [0.25, 0.3) is 0 Å². The molecule has 0 radical (unpaired) electrons. The molecular formula is C13H16N4O3. The molecule has 2 aliphatic heterocycles. The molecule has 0 spiro atoms. The first-order chi connectivity index (χ1) is 9.86. The molecule has 1 aromatic rings. The fourth-order valence-electron chi connectivity index (χ4n) is 2.62. The zero-order valence-corrected chi connectivity index (χ0v) is 11.1. The van der Waals surface area contributed by atoms with Crippen LogP contribution < -0.4 is 19.9 Å². The molecule has 106 valence electrons. The maximum atomic E-state index is 8.73. The second kappa shape index (κ2) is 5.48. The standard InChI is InChI=1S/C13H16N4O3/c14-4-1-5-18-11-8-2-6-19-12(8)10(16-17-15)13-9(11)3-7-20-13/h1-7,14H2. The minimum Gasteiger partial charge on any atom is -0.493 e. The summed E-state index contributed by atoms with van der Waals surface area (Å²) in [5, 5.41) is 3.74. The van der Waals surface area contributed by atoms with Crippen molar-refractivity contribution in [3.63, 3.8) is 0 Å². The lowest BCUT2D eigenvalue weighted by molar-refractivity contribution is 0.308. The molecule has 0 saturated heterocycles. The van der Waals surface area contributed by atoms with Gasteiger partial charge in [0.1, 0.15) is 22.9 Å². The van der Waals surface area contributed by atoms with Crippen LogP contribution in [0.1, 0.15) is 17.5 Å². The Kier molecular flexibility index (Phi) is 3.54. The number of ether oxygens (including phenoxy) is 3. The van der Waals surface area contributed by atoms with Gasteiger partial charge >= 0.3 is 0 Å². The summed E-state index contributed by atoms with van der Waals surface area (Å²) in [7, 11) is 0. The van der Waals surface area contributed by atoms with Crippen LogP contribution in [0.4, 0.5) is 5.69 Å². The maximum Gasteiger partial charge on any atom is 0.139 e. The van der Waals surface area contributed by atoms with E-state index in [1.54, 1.807) is 0 Å². The molecular weight excluding hydrogens is 260 g/mol. The Morgan fingerprint density at radius 2 is 1.85 bits per heavy atom. The van der Waals surface area contributed by atoms with Gasteiger partial charge in [-0.2, -0.15) is 0 Å². The summed E-state index contributed by atoms with van der Waals surface area (Å²) in [5.41, 5.74) is 16.6. The van der Waals surface area contributed by atoms with Crippen LogP contribution in [0.15, 0.2) is 5.11 Å². The highest BCUT2D eigenvalue weighted by molar-refractivity contribution is 5.75. The molecule has 2 heterocycles. The fraction of sp³-hybridized carbons (Fsp3) is 0.538. The minimum absolute atomic E-state index is 0.457. The van der Waals surface area contributed by atoms with Crippen molar-refractivity contribution in [2.75, 3.05) is 26.4 Å². The van der Waals surface area contributed by atoms with Gasteiger partial charge in [-0.3, -0.25) is 0 Å². The molecule has 0 atom stereocenters. The number of hydrogen-bond acceptors (Lipinski definition) is 5. The fourth-order valence-corrected chi connectivity index (χ4v) is 2.62. The smallest absolute Gasteiger partial charge is 0.139 e. The Bertz CT molecular complexity index is 546. The lowest BCUT2D eigenvalue weighted by Gasteiger charge is -2.15. The summed E-state index contributed by atoms with van der Waals surface area (Å²) in [6, 6.07) is 0. The summed E-state index contributed by atoms with van der Waals surface area (Å²) in [6.45, 7) is 2.29. The number of hydrogen-bond donors (Lipinski definition) is 1. The number of fused-ring (bicyclic) bond motifs is 2. The number of benzene rings is 1. The highest BCUT2D eigenvalue weighted by atomic mass is 16.5. The van der Waals surface area contributed by atoms with Crippen LogP contribution in [0.5, 0.6) is 17.2 Å². The predicted octanol–water partition coefficient (Wildman–Crippen LogP) is 2.23. The Balaban J connectivity index is 2.09. The van der Waals surface area contributed by atoms with Crippen molar-refractivity contribution in [1.29, 1.82) is 0 Å². The normalized spacial score (nSPS) is 14.8. The highest BCUT2D eigenvalue weighted by Gasteiger charge is 2.32. The molecule has 0 saturated carbocycles. The quantitative estimate of drug-likeness (QED) is 0.385. The summed E-state index contributed by atoms with van der Waals surface area (Å²) in [6.07, 6.45) is 2.31. The topological polar surface area (TPSA) is 102 Å². The molecule has 3 rings (SSSR count). The first kappa shape index (κ1) is 12.9. The zero-order valence-electron chi connectivity index (χ0n) is 11.1. The van der Waals surface area contributed by atoms with Gasteiger partial charge in [-0.1, -0.05) is 5.11 Å². The first-order valence-electron chi connectivity index (χ1n) is 6.72. The lowest BCUT2D eigenvalue weighted by Crippen LogP contribution is -2.08. The van der Waals surface area contributed by atoms with Crippen LogP contribution in [-0.4, -0.2) is 26.4 Å². The van der Waals surface area contributed by atoms with Gasteiger partial charge in [0.15, 0.2) is 0 Å². The Hall–Kier alpha value is -2.11. The molecule has 0 unspecified atom stereocenters. The molecule has 2 N–H and O–H groups in total. The monoisotopic (exact) mass is 276 g/mol. The van der Waals surface area contributed by atoms with Crippen LogP contribution in [-0.2, 0) is 12.8 Å². The van der Waals surface area contributed by atoms with Gasteiger partial charge in [-0.15, -0.1) is 0 Å². The second-order valence-corrected chi connectivity index (χ2v) is 4.67. The minimum atomic E-state index is 0.457. The number of rotatable bonds is 5. The Morgan fingerprint density at radius 1 is 1.20 bits per heavy atom. The molecule has 2 aliphatic rings. The number of azide groups is 1. The lowest BCUT2D eigenvalue weighted by atomic mass is 10.0. The van der Waals surface area contributed by atoms with E-state index in [2.05, 4.69) is 10.0 Å². The SMILES string of the molecule is [N-]=[N+]=Nc1c2c(c(OCCCN)c3c1OCC3)CCO2. The molecule has 7 heteroatoms. The van der Waals surface area contributed by atoms with E-state index in [0.29, 0.717) is 43.6 Å². The van der Waals surface area contributed by atoms with Crippen molar-refractivity contribution in [3.8, 4) is 17.2 Å². The number of nitrogens with zero attached hydrogens (tertiary/aromatic N) is 3. The molecule has 20 heavy (non-hydrogen) atoms. The van der Waals surface area contributed by atoms with Crippen molar-refractivity contribution in [1.82, 2.24) is 0 Å². The van der Waals surface area contributed by atoms with Crippen LogP contribution in [0.2, 0.25) is 0 Å². The van der Waals surface area contributed by atoms with E-state index >= 15 is 0 Å². The van der Waals surface area contributed by atoms with Gasteiger partial charge in [0.05, 0.1) is 19.8 Å². The summed E-state index contributed by atoms with van der Waals surface area (Å²) in [5.74, 6) is 2.03. The maximum absolute atomic E-state index is 8.73. The predicted molar refractivity (Wildman–Crippen MR) is 72.8 cm³/mol. The van der Waals surface area contributed by atoms with Gasteiger partial charge in [0, 0.05) is 28.9 Å². The van der Waals surface area contributed by atoms with E-state index in [0.717, 1.165) is 36.1 Å². The third kappa shape index (κ3) is 2.01. The average Bonchev–Trinajstić information content (AvgIpc) is 3.10. The molecule has 1 aromatic carbocycles. The van der Waals surface area contributed by atoms with Gasteiger partial charge < -0.3 is 19.9 Å². The van der Waals surface area contributed by atoms with E-state index in [1.807, 2.05) is 0 Å². The van der Waals surface area contributed by atoms with E-state index in [1.165, 1.54) is 0 Å². The first-order valence-corrected chi connectivity index (χ1v) is 6.72. The summed E-state index contributed by atoms with van der Waals surface area (Å²) < 4.78 is 17.1. The summed E-state index contributed by atoms with van der Waals surface area (Å²) >= 11 is 0. The summed E-state index contributed by atoms with van der Waals surface area (Å²) in [4.78, 5) is 2.87. The van der Waals surface area contributed by atoms with E-state index < -0.39 is 0 Å². The van der Waals surface area contributed by atoms with E-state index in [4.69, 9.17) is 25.5 Å². The Morgan fingerprint density at radius 3 is 2.40 bits per heavy atom. The van der Waals surface area contributed by atoms with Gasteiger partial charge in [0.2, 0.25) is 0 Å².